The fraction of sp³-hybridized carbons (Fsp3) is 0.350. The van der Waals surface area contributed by atoms with Gasteiger partial charge in [-0.05, 0) is 55.2 Å². The Hall–Kier alpha value is -2.40. The van der Waals surface area contributed by atoms with Gasteiger partial charge in [-0.3, -0.25) is 0 Å². The number of carbonyl (C=O) groups excluding carboxylic acids is 1. The zero-order valence-corrected chi connectivity index (χ0v) is 15.7. The molecule has 0 atom stereocenters. The minimum atomic E-state index is -0.233. The maximum atomic E-state index is 12.1. The molecular formula is C20H24ClN3O2. The van der Waals surface area contributed by atoms with Crippen LogP contribution in [0.1, 0.15) is 18.4 Å². The van der Waals surface area contributed by atoms with Crippen molar-refractivity contribution in [3.8, 4) is 5.75 Å². The van der Waals surface area contributed by atoms with E-state index in [0.717, 1.165) is 36.5 Å². The number of urea groups is 1. The molecule has 1 saturated heterocycles. The van der Waals surface area contributed by atoms with Crippen LogP contribution in [-0.4, -0.2) is 32.8 Å². The molecule has 2 aromatic rings. The van der Waals surface area contributed by atoms with Crippen molar-refractivity contribution >= 4 is 29.0 Å². The number of amides is 2. The predicted molar refractivity (Wildman–Crippen MR) is 107 cm³/mol. The van der Waals surface area contributed by atoms with Crippen molar-refractivity contribution in [2.45, 2.75) is 19.3 Å². The van der Waals surface area contributed by atoms with Gasteiger partial charge in [0.25, 0.3) is 0 Å². The molecule has 2 N–H and O–H groups in total. The minimum Gasteiger partial charge on any atom is -0.497 e. The summed E-state index contributed by atoms with van der Waals surface area (Å²) in [5.74, 6) is 0.828. The maximum absolute atomic E-state index is 12.1. The summed E-state index contributed by atoms with van der Waals surface area (Å²) in [6.45, 7) is 2.63. The topological polar surface area (TPSA) is 53.6 Å². The third-order valence-corrected chi connectivity index (χ3v) is 4.81. The predicted octanol–water partition coefficient (Wildman–Crippen LogP) is 4.31. The average Bonchev–Trinajstić information content (AvgIpc) is 3.17. The average molecular weight is 374 g/mol. The van der Waals surface area contributed by atoms with Crippen LogP contribution >= 0.6 is 11.6 Å². The first-order valence-corrected chi connectivity index (χ1v) is 9.26. The van der Waals surface area contributed by atoms with E-state index < -0.39 is 0 Å². The number of hydrogen-bond donors (Lipinski definition) is 2. The molecule has 0 spiro atoms. The van der Waals surface area contributed by atoms with Gasteiger partial charge >= 0.3 is 6.03 Å². The first kappa shape index (κ1) is 18.4. The summed E-state index contributed by atoms with van der Waals surface area (Å²) in [5.41, 5.74) is 2.87. The second-order valence-corrected chi connectivity index (χ2v) is 6.75. The molecule has 0 radical (unpaired) electrons. The highest BCUT2D eigenvalue weighted by Gasteiger charge is 2.15. The molecule has 1 aliphatic heterocycles. The molecule has 0 bridgehead atoms. The van der Waals surface area contributed by atoms with E-state index in [1.165, 1.54) is 12.8 Å². The number of carbonyl (C=O) groups is 1. The molecule has 0 unspecified atom stereocenters. The first-order chi connectivity index (χ1) is 12.7. The summed E-state index contributed by atoms with van der Waals surface area (Å²) in [6, 6.07) is 13.3. The number of rotatable bonds is 6. The second kappa shape index (κ2) is 8.81. The van der Waals surface area contributed by atoms with E-state index in [2.05, 4.69) is 15.5 Å². The molecule has 3 rings (SSSR count). The van der Waals surface area contributed by atoms with Crippen LogP contribution in [0.3, 0.4) is 0 Å². The van der Waals surface area contributed by atoms with Gasteiger partial charge < -0.3 is 20.3 Å². The van der Waals surface area contributed by atoms with Crippen molar-refractivity contribution in [2.24, 2.45) is 0 Å². The lowest BCUT2D eigenvalue weighted by atomic mass is 10.1. The Bertz CT molecular complexity index is 743. The highest BCUT2D eigenvalue weighted by Crippen LogP contribution is 2.31. The highest BCUT2D eigenvalue weighted by molar-refractivity contribution is 6.33. The van der Waals surface area contributed by atoms with Crippen LogP contribution in [0.15, 0.2) is 42.5 Å². The molecule has 5 nitrogen and oxygen atoms in total. The van der Waals surface area contributed by atoms with Crippen molar-refractivity contribution in [1.82, 2.24) is 5.32 Å². The third kappa shape index (κ3) is 4.82. The summed E-state index contributed by atoms with van der Waals surface area (Å²) >= 11 is 6.38. The Morgan fingerprint density at radius 1 is 1.15 bits per heavy atom. The van der Waals surface area contributed by atoms with Crippen molar-refractivity contribution in [2.75, 3.05) is 37.0 Å². The molecule has 1 fully saturated rings. The third-order valence-electron chi connectivity index (χ3n) is 4.51. The van der Waals surface area contributed by atoms with Crippen molar-refractivity contribution < 1.29 is 9.53 Å². The van der Waals surface area contributed by atoms with Gasteiger partial charge in [0.2, 0.25) is 0 Å². The summed E-state index contributed by atoms with van der Waals surface area (Å²) in [6.07, 6.45) is 3.16. The molecule has 138 valence electrons. The molecule has 2 amide bonds. The molecule has 0 aliphatic carbocycles. The number of hydrogen-bond acceptors (Lipinski definition) is 3. The second-order valence-electron chi connectivity index (χ2n) is 6.34. The monoisotopic (exact) mass is 373 g/mol. The molecular weight excluding hydrogens is 350 g/mol. The standard InChI is InChI=1S/C20H24ClN3O2/c1-26-17-7-4-15(5-8-17)10-11-22-20(25)23-16-6-9-19(18(21)14-16)24-12-2-3-13-24/h4-9,14H,2-3,10-13H2,1H3,(H2,22,23,25). The maximum Gasteiger partial charge on any atom is 0.319 e. The zero-order chi connectivity index (χ0) is 18.4. The van der Waals surface area contributed by atoms with Crippen LogP contribution in [0.5, 0.6) is 5.75 Å². The Kier molecular flexibility index (Phi) is 6.23. The lowest BCUT2D eigenvalue weighted by molar-refractivity contribution is 0.252. The van der Waals surface area contributed by atoms with Gasteiger partial charge in [-0.15, -0.1) is 0 Å². The van der Waals surface area contributed by atoms with Gasteiger partial charge in [-0.1, -0.05) is 23.7 Å². The van der Waals surface area contributed by atoms with Crippen molar-refractivity contribution in [3.63, 3.8) is 0 Å². The lowest BCUT2D eigenvalue weighted by Gasteiger charge is -2.19. The molecule has 26 heavy (non-hydrogen) atoms. The van der Waals surface area contributed by atoms with Gasteiger partial charge in [0.15, 0.2) is 0 Å². The van der Waals surface area contributed by atoms with Crippen LogP contribution in [0, 0.1) is 0 Å². The Balaban J connectivity index is 1.47. The first-order valence-electron chi connectivity index (χ1n) is 8.88. The van der Waals surface area contributed by atoms with E-state index in [-0.39, 0.29) is 6.03 Å². The number of benzene rings is 2. The van der Waals surface area contributed by atoms with Crippen LogP contribution in [0.2, 0.25) is 5.02 Å². The number of anilines is 2. The summed E-state index contributed by atoms with van der Waals surface area (Å²) in [4.78, 5) is 14.3. The molecule has 1 aliphatic rings. The van der Waals surface area contributed by atoms with Crippen molar-refractivity contribution in [1.29, 1.82) is 0 Å². The van der Waals surface area contributed by atoms with Gasteiger partial charge in [-0.25, -0.2) is 4.79 Å². The van der Waals surface area contributed by atoms with E-state index in [1.54, 1.807) is 13.2 Å². The SMILES string of the molecule is COc1ccc(CCNC(=O)Nc2ccc(N3CCCC3)c(Cl)c2)cc1. The van der Waals surface area contributed by atoms with Gasteiger partial charge in [0, 0.05) is 25.3 Å². The van der Waals surface area contributed by atoms with Gasteiger partial charge in [0.05, 0.1) is 17.8 Å². The van der Waals surface area contributed by atoms with Gasteiger partial charge in [0.1, 0.15) is 5.75 Å². The molecule has 2 aromatic carbocycles. The Labute approximate surface area is 159 Å². The quantitative estimate of drug-likeness (QED) is 0.793. The van der Waals surface area contributed by atoms with Crippen molar-refractivity contribution in [3.05, 3.63) is 53.1 Å². The van der Waals surface area contributed by atoms with Crippen LogP contribution < -0.4 is 20.3 Å². The van der Waals surface area contributed by atoms with E-state index in [9.17, 15) is 4.79 Å². The highest BCUT2D eigenvalue weighted by atomic mass is 35.5. The molecule has 0 saturated carbocycles. The van der Waals surface area contributed by atoms with E-state index in [1.807, 2.05) is 36.4 Å². The summed E-state index contributed by atoms with van der Waals surface area (Å²) < 4.78 is 5.14. The molecule has 1 heterocycles. The smallest absolute Gasteiger partial charge is 0.319 e. The fourth-order valence-corrected chi connectivity index (χ4v) is 3.39. The number of halogens is 1. The molecule has 6 heteroatoms. The van der Waals surface area contributed by atoms with Crippen LogP contribution in [0.25, 0.3) is 0 Å². The Morgan fingerprint density at radius 2 is 1.88 bits per heavy atom. The summed E-state index contributed by atoms with van der Waals surface area (Å²) in [7, 11) is 1.64. The lowest BCUT2D eigenvalue weighted by Crippen LogP contribution is -2.30. The number of nitrogens with zero attached hydrogens (tertiary/aromatic N) is 1. The van der Waals surface area contributed by atoms with Gasteiger partial charge in [-0.2, -0.15) is 0 Å². The van der Waals surface area contributed by atoms with Crippen LogP contribution in [0.4, 0.5) is 16.2 Å². The van der Waals surface area contributed by atoms with Crippen LogP contribution in [-0.2, 0) is 6.42 Å². The summed E-state index contributed by atoms with van der Waals surface area (Å²) in [5, 5.41) is 6.36. The molecule has 0 aromatic heterocycles. The zero-order valence-electron chi connectivity index (χ0n) is 14.9. The van der Waals surface area contributed by atoms with E-state index in [0.29, 0.717) is 17.3 Å². The van der Waals surface area contributed by atoms with E-state index >= 15 is 0 Å². The normalized spacial score (nSPS) is 13.5. The fourth-order valence-electron chi connectivity index (χ4n) is 3.09. The number of nitrogens with one attached hydrogen (secondary N) is 2. The number of methoxy groups -OCH3 is 1. The van der Waals surface area contributed by atoms with E-state index in [4.69, 9.17) is 16.3 Å². The Morgan fingerprint density at radius 3 is 2.54 bits per heavy atom. The number of ether oxygens (including phenoxy) is 1. The minimum absolute atomic E-state index is 0.233. The largest absolute Gasteiger partial charge is 0.497 e.